The standard InChI is InChI=1S/C13H20N2S/c1-2-12(14)13-8-7-11(9-15-13)16-10-5-3-4-6-10/h7-10,12H,2-6,14H2,1H3. The number of hydrogen-bond acceptors (Lipinski definition) is 3. The number of rotatable bonds is 4. The van der Waals surface area contributed by atoms with E-state index in [4.69, 9.17) is 5.73 Å². The van der Waals surface area contributed by atoms with Gasteiger partial charge in [-0.25, -0.2) is 0 Å². The van der Waals surface area contributed by atoms with Crippen molar-refractivity contribution >= 4 is 11.8 Å². The van der Waals surface area contributed by atoms with Gasteiger partial charge in [0.2, 0.25) is 0 Å². The molecule has 1 heterocycles. The fourth-order valence-electron chi connectivity index (χ4n) is 2.09. The summed E-state index contributed by atoms with van der Waals surface area (Å²) < 4.78 is 0. The molecule has 88 valence electrons. The highest BCUT2D eigenvalue weighted by molar-refractivity contribution is 8.00. The summed E-state index contributed by atoms with van der Waals surface area (Å²) in [7, 11) is 0. The highest BCUT2D eigenvalue weighted by Crippen LogP contribution is 2.34. The van der Waals surface area contributed by atoms with E-state index >= 15 is 0 Å². The predicted octanol–water partition coefficient (Wildman–Crippen LogP) is 3.53. The van der Waals surface area contributed by atoms with Gasteiger partial charge in [-0.1, -0.05) is 19.8 Å². The summed E-state index contributed by atoms with van der Waals surface area (Å²) >= 11 is 1.98. The van der Waals surface area contributed by atoms with E-state index in [1.165, 1.54) is 30.6 Å². The van der Waals surface area contributed by atoms with Crippen molar-refractivity contribution in [2.75, 3.05) is 0 Å². The first kappa shape index (κ1) is 11.9. The molecule has 0 amide bonds. The van der Waals surface area contributed by atoms with Crippen LogP contribution in [0.2, 0.25) is 0 Å². The third-order valence-corrected chi connectivity index (χ3v) is 4.50. The lowest BCUT2D eigenvalue weighted by Gasteiger charge is -2.11. The van der Waals surface area contributed by atoms with Gasteiger partial charge in [-0.15, -0.1) is 11.8 Å². The molecule has 3 heteroatoms. The molecule has 1 aliphatic carbocycles. The maximum Gasteiger partial charge on any atom is 0.0571 e. The quantitative estimate of drug-likeness (QED) is 0.869. The summed E-state index contributed by atoms with van der Waals surface area (Å²) in [6.45, 7) is 2.09. The molecular formula is C13H20N2S. The van der Waals surface area contributed by atoms with Crippen LogP contribution in [0, 0.1) is 0 Å². The monoisotopic (exact) mass is 236 g/mol. The van der Waals surface area contributed by atoms with Gasteiger partial charge in [0.15, 0.2) is 0 Å². The van der Waals surface area contributed by atoms with Crippen molar-refractivity contribution in [1.82, 2.24) is 4.98 Å². The molecule has 1 atom stereocenters. The van der Waals surface area contributed by atoms with Crippen molar-refractivity contribution in [3.8, 4) is 0 Å². The first-order chi connectivity index (χ1) is 7.79. The molecule has 2 rings (SSSR count). The SMILES string of the molecule is CCC(N)c1ccc(SC2CCCC2)cn1. The van der Waals surface area contributed by atoms with Gasteiger partial charge in [-0.05, 0) is 31.4 Å². The Morgan fingerprint density at radius 1 is 1.44 bits per heavy atom. The average molecular weight is 236 g/mol. The summed E-state index contributed by atoms with van der Waals surface area (Å²) in [6, 6.07) is 4.33. The molecule has 0 aromatic carbocycles. The third kappa shape index (κ3) is 2.98. The van der Waals surface area contributed by atoms with Crippen LogP contribution in [0.25, 0.3) is 0 Å². The zero-order chi connectivity index (χ0) is 11.4. The summed E-state index contributed by atoms with van der Waals surface area (Å²) in [5.74, 6) is 0. The number of thioether (sulfide) groups is 1. The van der Waals surface area contributed by atoms with Gasteiger partial charge in [0.25, 0.3) is 0 Å². The first-order valence-corrected chi connectivity index (χ1v) is 7.05. The van der Waals surface area contributed by atoms with Gasteiger partial charge in [-0.3, -0.25) is 4.98 Å². The van der Waals surface area contributed by atoms with Crippen LogP contribution in [0.1, 0.15) is 50.8 Å². The number of pyridine rings is 1. The van der Waals surface area contributed by atoms with Gasteiger partial charge in [0.1, 0.15) is 0 Å². The molecule has 0 saturated heterocycles. The second-order valence-corrected chi connectivity index (χ2v) is 5.83. The Hall–Kier alpha value is -0.540. The van der Waals surface area contributed by atoms with Gasteiger partial charge >= 0.3 is 0 Å². The average Bonchev–Trinajstić information content (AvgIpc) is 2.82. The minimum atomic E-state index is 0.0885. The fraction of sp³-hybridized carbons (Fsp3) is 0.615. The van der Waals surface area contributed by atoms with E-state index in [1.54, 1.807) is 0 Å². The lowest BCUT2D eigenvalue weighted by molar-refractivity contribution is 0.674. The molecule has 0 bridgehead atoms. The molecular weight excluding hydrogens is 216 g/mol. The molecule has 1 aromatic heterocycles. The maximum absolute atomic E-state index is 5.94. The van der Waals surface area contributed by atoms with E-state index in [1.807, 2.05) is 18.0 Å². The lowest BCUT2D eigenvalue weighted by Crippen LogP contribution is -2.10. The minimum absolute atomic E-state index is 0.0885. The zero-order valence-electron chi connectivity index (χ0n) is 9.86. The van der Waals surface area contributed by atoms with Crippen LogP contribution in [0.3, 0.4) is 0 Å². The molecule has 1 aliphatic rings. The van der Waals surface area contributed by atoms with E-state index in [9.17, 15) is 0 Å². The van der Waals surface area contributed by atoms with Crippen LogP contribution < -0.4 is 5.73 Å². The van der Waals surface area contributed by atoms with Gasteiger partial charge in [0.05, 0.1) is 5.69 Å². The van der Waals surface area contributed by atoms with Crippen LogP contribution in [0.15, 0.2) is 23.2 Å². The smallest absolute Gasteiger partial charge is 0.0571 e. The maximum atomic E-state index is 5.94. The molecule has 2 nitrogen and oxygen atoms in total. The molecule has 1 saturated carbocycles. The highest BCUT2D eigenvalue weighted by Gasteiger charge is 2.16. The Labute approximate surface area is 102 Å². The molecule has 0 spiro atoms. The fourth-order valence-corrected chi connectivity index (χ4v) is 3.30. The van der Waals surface area contributed by atoms with Crippen molar-refractivity contribution in [1.29, 1.82) is 0 Å². The van der Waals surface area contributed by atoms with E-state index in [2.05, 4.69) is 24.0 Å². The molecule has 2 N–H and O–H groups in total. The molecule has 1 fully saturated rings. The summed E-state index contributed by atoms with van der Waals surface area (Å²) in [5.41, 5.74) is 6.95. The Morgan fingerprint density at radius 2 is 2.19 bits per heavy atom. The van der Waals surface area contributed by atoms with Gasteiger partial charge < -0.3 is 5.73 Å². The zero-order valence-corrected chi connectivity index (χ0v) is 10.7. The van der Waals surface area contributed by atoms with E-state index < -0.39 is 0 Å². The Morgan fingerprint density at radius 3 is 2.75 bits per heavy atom. The van der Waals surface area contributed by atoms with E-state index in [-0.39, 0.29) is 6.04 Å². The van der Waals surface area contributed by atoms with Crippen LogP contribution >= 0.6 is 11.8 Å². The number of nitrogens with zero attached hydrogens (tertiary/aromatic N) is 1. The van der Waals surface area contributed by atoms with Crippen molar-refractivity contribution in [3.63, 3.8) is 0 Å². The molecule has 0 aliphatic heterocycles. The Bertz CT molecular complexity index is 317. The van der Waals surface area contributed by atoms with Crippen molar-refractivity contribution in [2.24, 2.45) is 5.73 Å². The predicted molar refractivity (Wildman–Crippen MR) is 69.6 cm³/mol. The highest BCUT2D eigenvalue weighted by atomic mass is 32.2. The Kier molecular flexibility index (Phi) is 4.24. The third-order valence-electron chi connectivity index (χ3n) is 3.18. The van der Waals surface area contributed by atoms with Crippen LogP contribution in [-0.2, 0) is 0 Å². The van der Waals surface area contributed by atoms with Crippen LogP contribution in [0.4, 0.5) is 0 Å². The summed E-state index contributed by atoms with van der Waals surface area (Å²) in [5, 5.41) is 0.812. The number of hydrogen-bond donors (Lipinski definition) is 1. The summed E-state index contributed by atoms with van der Waals surface area (Å²) in [6.07, 6.45) is 8.44. The molecule has 1 aromatic rings. The lowest BCUT2D eigenvalue weighted by atomic mass is 10.1. The second kappa shape index (κ2) is 5.69. The second-order valence-electron chi connectivity index (χ2n) is 4.46. The first-order valence-electron chi connectivity index (χ1n) is 6.17. The van der Waals surface area contributed by atoms with Crippen molar-refractivity contribution < 1.29 is 0 Å². The molecule has 1 unspecified atom stereocenters. The largest absolute Gasteiger partial charge is 0.323 e. The molecule has 16 heavy (non-hydrogen) atoms. The number of aromatic nitrogens is 1. The van der Waals surface area contributed by atoms with Crippen LogP contribution in [0.5, 0.6) is 0 Å². The van der Waals surface area contributed by atoms with Crippen molar-refractivity contribution in [3.05, 3.63) is 24.0 Å². The van der Waals surface area contributed by atoms with Crippen molar-refractivity contribution in [2.45, 2.75) is 55.2 Å². The van der Waals surface area contributed by atoms with Gasteiger partial charge in [-0.2, -0.15) is 0 Å². The number of nitrogens with two attached hydrogens (primary N) is 1. The Balaban J connectivity index is 1.96. The minimum Gasteiger partial charge on any atom is -0.323 e. The van der Waals surface area contributed by atoms with Crippen LogP contribution in [-0.4, -0.2) is 10.2 Å². The molecule has 0 radical (unpaired) electrons. The van der Waals surface area contributed by atoms with Gasteiger partial charge in [0, 0.05) is 22.4 Å². The van der Waals surface area contributed by atoms with E-state index in [0.717, 1.165) is 17.4 Å². The topological polar surface area (TPSA) is 38.9 Å². The summed E-state index contributed by atoms with van der Waals surface area (Å²) in [4.78, 5) is 5.74. The normalized spacial score (nSPS) is 18.9. The van der Waals surface area contributed by atoms with E-state index in [0.29, 0.717) is 0 Å².